The van der Waals surface area contributed by atoms with Crippen LogP contribution in [0.25, 0.3) is 0 Å². The fourth-order valence-corrected chi connectivity index (χ4v) is 3.36. The maximum atomic E-state index is 6.30. The van der Waals surface area contributed by atoms with Gasteiger partial charge in [0.2, 0.25) is 0 Å². The molecule has 2 aromatic rings. The molecule has 2 nitrogen and oxygen atoms in total. The number of nitrogens with two attached hydrogens (primary N) is 1. The Kier molecular flexibility index (Phi) is 2.73. The molecule has 3 heteroatoms. The van der Waals surface area contributed by atoms with Crippen LogP contribution in [0.15, 0.2) is 29.6 Å². The summed E-state index contributed by atoms with van der Waals surface area (Å²) in [4.78, 5) is 4.49. The van der Waals surface area contributed by atoms with Gasteiger partial charge in [0, 0.05) is 29.5 Å². The van der Waals surface area contributed by atoms with E-state index in [0.717, 1.165) is 18.5 Å². The number of aromatic nitrogens is 1. The minimum Gasteiger partial charge on any atom is -0.327 e. The molecule has 2 atom stereocenters. The smallest absolute Gasteiger partial charge is 0.0943 e. The summed E-state index contributed by atoms with van der Waals surface area (Å²) in [5, 5.41) is 3.26. The van der Waals surface area contributed by atoms with Crippen LogP contribution < -0.4 is 5.73 Å². The lowest BCUT2D eigenvalue weighted by molar-refractivity contribution is 0.480. The predicted molar refractivity (Wildman–Crippen MR) is 71.4 cm³/mol. The zero-order valence-corrected chi connectivity index (χ0v) is 10.7. The minimum absolute atomic E-state index is 0.204. The molecule has 2 unspecified atom stereocenters. The van der Waals surface area contributed by atoms with Crippen molar-refractivity contribution in [1.82, 2.24) is 4.98 Å². The van der Waals surface area contributed by atoms with E-state index in [0.29, 0.717) is 5.92 Å². The zero-order chi connectivity index (χ0) is 11.8. The summed E-state index contributed by atoms with van der Waals surface area (Å²) in [6.07, 6.45) is 2.03. The number of hydrogen-bond donors (Lipinski definition) is 1. The van der Waals surface area contributed by atoms with Gasteiger partial charge in [0.25, 0.3) is 0 Å². The van der Waals surface area contributed by atoms with Gasteiger partial charge in [-0.25, -0.2) is 4.98 Å². The Labute approximate surface area is 106 Å². The molecule has 2 N–H and O–H groups in total. The van der Waals surface area contributed by atoms with Crippen LogP contribution in [-0.4, -0.2) is 11.0 Å². The van der Waals surface area contributed by atoms with Crippen molar-refractivity contribution in [3.05, 3.63) is 51.5 Å². The van der Waals surface area contributed by atoms with Gasteiger partial charge in [-0.15, -0.1) is 11.3 Å². The lowest BCUT2D eigenvalue weighted by Gasteiger charge is -2.34. The number of fused-ring (bicyclic) bond motifs is 1. The molecule has 0 fully saturated rings. The first kappa shape index (κ1) is 10.9. The highest BCUT2D eigenvalue weighted by atomic mass is 32.1. The first-order valence-corrected chi connectivity index (χ1v) is 6.86. The Morgan fingerprint density at radius 1 is 1.47 bits per heavy atom. The molecule has 0 saturated heterocycles. The normalized spacial score (nSPS) is 19.5. The summed E-state index contributed by atoms with van der Waals surface area (Å²) in [6, 6.07) is 8.81. The van der Waals surface area contributed by atoms with Crippen LogP contribution in [0.3, 0.4) is 0 Å². The number of aryl methyl sites for hydroxylation is 1. The molecule has 1 aliphatic rings. The van der Waals surface area contributed by atoms with Gasteiger partial charge in [0.15, 0.2) is 0 Å². The van der Waals surface area contributed by atoms with E-state index in [1.165, 1.54) is 16.1 Å². The van der Waals surface area contributed by atoms with E-state index < -0.39 is 0 Å². The SMILES string of the molecule is Cc1csc(CC(N)C2Cc3ccccc32)n1. The highest BCUT2D eigenvalue weighted by Crippen LogP contribution is 2.37. The molecule has 1 aromatic carbocycles. The third-order valence-corrected chi connectivity index (χ3v) is 4.48. The lowest BCUT2D eigenvalue weighted by Crippen LogP contribution is -2.37. The molecule has 88 valence electrons. The Hall–Kier alpha value is -1.19. The minimum atomic E-state index is 0.204. The average molecular weight is 244 g/mol. The molecule has 17 heavy (non-hydrogen) atoms. The van der Waals surface area contributed by atoms with Gasteiger partial charge < -0.3 is 5.73 Å². The monoisotopic (exact) mass is 244 g/mol. The van der Waals surface area contributed by atoms with E-state index in [9.17, 15) is 0 Å². The summed E-state index contributed by atoms with van der Waals surface area (Å²) >= 11 is 1.72. The van der Waals surface area contributed by atoms with Crippen molar-refractivity contribution in [2.75, 3.05) is 0 Å². The second kappa shape index (κ2) is 4.24. The first-order valence-electron chi connectivity index (χ1n) is 5.98. The summed E-state index contributed by atoms with van der Waals surface area (Å²) < 4.78 is 0. The van der Waals surface area contributed by atoms with Crippen molar-refractivity contribution in [1.29, 1.82) is 0 Å². The molecule has 1 aliphatic carbocycles. The standard InChI is InChI=1S/C14H16N2S/c1-9-8-17-14(16-9)7-13(15)12-6-10-4-2-3-5-11(10)12/h2-5,8,12-13H,6-7,15H2,1H3. The van der Waals surface area contributed by atoms with E-state index in [4.69, 9.17) is 5.73 Å². The largest absolute Gasteiger partial charge is 0.327 e. The molecular formula is C14H16N2S. The number of benzene rings is 1. The van der Waals surface area contributed by atoms with Crippen molar-refractivity contribution in [2.45, 2.75) is 31.7 Å². The summed E-state index contributed by atoms with van der Waals surface area (Å²) in [6.45, 7) is 2.03. The predicted octanol–water partition coefficient (Wildman–Crippen LogP) is 2.66. The van der Waals surface area contributed by atoms with Gasteiger partial charge in [0.1, 0.15) is 0 Å². The third kappa shape index (κ3) is 2.01. The van der Waals surface area contributed by atoms with Crippen molar-refractivity contribution in [3.63, 3.8) is 0 Å². The van der Waals surface area contributed by atoms with E-state index >= 15 is 0 Å². The Morgan fingerprint density at radius 3 is 3.00 bits per heavy atom. The lowest BCUT2D eigenvalue weighted by atomic mass is 9.73. The highest BCUT2D eigenvalue weighted by Gasteiger charge is 2.30. The fraction of sp³-hybridized carbons (Fsp3) is 0.357. The van der Waals surface area contributed by atoms with Crippen molar-refractivity contribution in [3.8, 4) is 0 Å². The van der Waals surface area contributed by atoms with E-state index in [-0.39, 0.29) is 6.04 Å². The second-order valence-electron chi connectivity index (χ2n) is 4.76. The van der Waals surface area contributed by atoms with E-state index in [1.807, 2.05) is 6.92 Å². The Balaban J connectivity index is 1.71. The van der Waals surface area contributed by atoms with Crippen molar-refractivity contribution < 1.29 is 0 Å². The van der Waals surface area contributed by atoms with Crippen LogP contribution in [0.4, 0.5) is 0 Å². The maximum Gasteiger partial charge on any atom is 0.0943 e. The van der Waals surface area contributed by atoms with Gasteiger partial charge in [0.05, 0.1) is 5.01 Å². The van der Waals surface area contributed by atoms with Gasteiger partial charge >= 0.3 is 0 Å². The van der Waals surface area contributed by atoms with Gasteiger partial charge in [-0.1, -0.05) is 24.3 Å². The van der Waals surface area contributed by atoms with Crippen LogP contribution in [0, 0.1) is 6.92 Å². The molecule has 1 aromatic heterocycles. The summed E-state index contributed by atoms with van der Waals surface area (Å²) in [5.74, 6) is 0.524. The topological polar surface area (TPSA) is 38.9 Å². The average Bonchev–Trinajstić information content (AvgIpc) is 2.66. The Morgan fingerprint density at radius 2 is 2.29 bits per heavy atom. The van der Waals surface area contributed by atoms with Crippen molar-refractivity contribution in [2.24, 2.45) is 5.73 Å². The first-order chi connectivity index (χ1) is 8.24. The van der Waals surface area contributed by atoms with Gasteiger partial charge in [-0.2, -0.15) is 0 Å². The molecule has 0 radical (unpaired) electrons. The molecule has 0 amide bonds. The number of nitrogens with zero attached hydrogens (tertiary/aromatic N) is 1. The van der Waals surface area contributed by atoms with Crippen LogP contribution in [0.1, 0.15) is 27.7 Å². The number of thiazole rings is 1. The van der Waals surface area contributed by atoms with Crippen LogP contribution in [-0.2, 0) is 12.8 Å². The molecule has 0 bridgehead atoms. The van der Waals surface area contributed by atoms with E-state index in [1.54, 1.807) is 11.3 Å². The van der Waals surface area contributed by atoms with E-state index in [2.05, 4.69) is 34.6 Å². The summed E-state index contributed by atoms with van der Waals surface area (Å²) in [5.41, 5.74) is 10.3. The van der Waals surface area contributed by atoms with Crippen LogP contribution in [0.2, 0.25) is 0 Å². The molecule has 3 rings (SSSR count). The quantitative estimate of drug-likeness (QED) is 0.901. The second-order valence-corrected chi connectivity index (χ2v) is 5.70. The van der Waals surface area contributed by atoms with Gasteiger partial charge in [-0.3, -0.25) is 0 Å². The number of rotatable bonds is 3. The highest BCUT2D eigenvalue weighted by molar-refractivity contribution is 7.09. The molecule has 0 aliphatic heterocycles. The number of hydrogen-bond acceptors (Lipinski definition) is 3. The van der Waals surface area contributed by atoms with Crippen molar-refractivity contribution >= 4 is 11.3 Å². The third-order valence-electron chi connectivity index (χ3n) is 3.49. The summed E-state index contributed by atoms with van der Waals surface area (Å²) in [7, 11) is 0. The van der Waals surface area contributed by atoms with Gasteiger partial charge in [-0.05, 0) is 24.5 Å². The maximum absolute atomic E-state index is 6.30. The molecule has 0 spiro atoms. The zero-order valence-electron chi connectivity index (χ0n) is 9.89. The molecule has 0 saturated carbocycles. The van der Waals surface area contributed by atoms with Crippen LogP contribution in [0.5, 0.6) is 0 Å². The molecule has 1 heterocycles. The fourth-order valence-electron chi connectivity index (χ4n) is 2.52. The molecular weight excluding hydrogens is 228 g/mol. The Bertz CT molecular complexity index is 533. The van der Waals surface area contributed by atoms with Crippen LogP contribution >= 0.6 is 11.3 Å².